The molecule has 0 bridgehead atoms. The fourth-order valence-electron chi connectivity index (χ4n) is 3.13. The molecule has 0 aliphatic carbocycles. The summed E-state index contributed by atoms with van der Waals surface area (Å²) in [5.41, 5.74) is 1.48. The van der Waals surface area contributed by atoms with Crippen LogP contribution in [0, 0.1) is 5.82 Å². The maximum Gasteiger partial charge on any atom is 0.410 e. The summed E-state index contributed by atoms with van der Waals surface area (Å²) >= 11 is 0. The first kappa shape index (κ1) is 18.0. The molecule has 26 heavy (non-hydrogen) atoms. The Bertz CT molecular complexity index is 751. The zero-order valence-corrected chi connectivity index (χ0v) is 15.0. The van der Waals surface area contributed by atoms with Crippen LogP contribution in [-0.2, 0) is 11.3 Å². The van der Waals surface area contributed by atoms with E-state index < -0.39 is 6.09 Å². The molecule has 1 amide bonds. The summed E-state index contributed by atoms with van der Waals surface area (Å²) in [5, 5.41) is 0. The summed E-state index contributed by atoms with van der Waals surface area (Å²) in [7, 11) is 1.64. The molecule has 1 aliphatic heterocycles. The van der Waals surface area contributed by atoms with Gasteiger partial charge < -0.3 is 19.3 Å². The van der Waals surface area contributed by atoms with E-state index in [9.17, 15) is 9.18 Å². The molecule has 2 aromatic carbocycles. The van der Waals surface area contributed by atoms with Crippen molar-refractivity contribution in [3.8, 4) is 5.75 Å². The van der Waals surface area contributed by atoms with Crippen LogP contribution in [0.4, 0.5) is 14.9 Å². The van der Waals surface area contributed by atoms with E-state index in [4.69, 9.17) is 9.47 Å². The smallest absolute Gasteiger partial charge is 0.410 e. The van der Waals surface area contributed by atoms with Gasteiger partial charge in [-0.3, -0.25) is 0 Å². The monoisotopic (exact) mass is 358 g/mol. The van der Waals surface area contributed by atoms with Gasteiger partial charge in [0.05, 0.1) is 7.11 Å². The van der Waals surface area contributed by atoms with Gasteiger partial charge in [0.2, 0.25) is 0 Å². The molecular weight excluding hydrogens is 335 g/mol. The summed E-state index contributed by atoms with van der Waals surface area (Å²) in [6.45, 7) is 3.84. The highest BCUT2D eigenvalue weighted by Gasteiger charge is 2.27. The minimum Gasteiger partial charge on any atom is -0.497 e. The van der Waals surface area contributed by atoms with Gasteiger partial charge in [-0.25, -0.2) is 9.18 Å². The molecule has 1 saturated heterocycles. The van der Waals surface area contributed by atoms with E-state index in [1.54, 1.807) is 30.2 Å². The number of carbonyl (C=O) groups excluding carboxylic acids is 1. The topological polar surface area (TPSA) is 42.0 Å². The normalized spacial score (nSPS) is 17.1. The van der Waals surface area contributed by atoms with E-state index in [1.807, 2.05) is 24.3 Å². The number of methoxy groups -OCH3 is 1. The lowest BCUT2D eigenvalue weighted by atomic mass is 10.1. The van der Waals surface area contributed by atoms with Crippen LogP contribution in [0.3, 0.4) is 0 Å². The van der Waals surface area contributed by atoms with E-state index in [1.165, 1.54) is 6.07 Å². The molecule has 0 saturated carbocycles. The molecule has 6 heteroatoms. The molecule has 0 aromatic heterocycles. The summed E-state index contributed by atoms with van der Waals surface area (Å²) < 4.78 is 24.1. The Kier molecular flexibility index (Phi) is 5.61. The molecule has 1 fully saturated rings. The number of hydrogen-bond acceptors (Lipinski definition) is 4. The first-order valence-corrected chi connectivity index (χ1v) is 8.64. The number of nitrogens with zero attached hydrogens (tertiary/aromatic N) is 2. The maximum absolute atomic E-state index is 13.6. The average Bonchev–Trinajstić information content (AvgIpc) is 2.67. The fraction of sp³-hybridized carbons (Fsp3) is 0.350. The lowest BCUT2D eigenvalue weighted by Crippen LogP contribution is -2.53. The molecule has 1 atom stereocenters. The van der Waals surface area contributed by atoms with Crippen LogP contribution in [0.5, 0.6) is 5.75 Å². The van der Waals surface area contributed by atoms with Gasteiger partial charge in [0.25, 0.3) is 0 Å². The first-order valence-electron chi connectivity index (χ1n) is 8.64. The van der Waals surface area contributed by atoms with Crippen molar-refractivity contribution >= 4 is 11.8 Å². The minimum absolute atomic E-state index is 0.0570. The van der Waals surface area contributed by atoms with Gasteiger partial charge in [-0.1, -0.05) is 18.2 Å². The Morgan fingerprint density at radius 1 is 1.15 bits per heavy atom. The number of benzene rings is 2. The molecule has 2 aromatic rings. The summed E-state index contributed by atoms with van der Waals surface area (Å²) in [6.07, 6.45) is -0.408. The lowest BCUT2D eigenvalue weighted by Gasteiger charge is -2.40. The molecule has 3 rings (SSSR count). The van der Waals surface area contributed by atoms with Crippen LogP contribution in [0.15, 0.2) is 48.5 Å². The van der Waals surface area contributed by atoms with E-state index in [-0.39, 0.29) is 18.5 Å². The van der Waals surface area contributed by atoms with Gasteiger partial charge in [-0.05, 0) is 37.3 Å². The Labute approximate surface area is 152 Å². The van der Waals surface area contributed by atoms with Gasteiger partial charge in [0.1, 0.15) is 18.2 Å². The van der Waals surface area contributed by atoms with E-state index in [0.29, 0.717) is 25.2 Å². The SMILES string of the molecule is COc1ccc(N2CCN(C(=O)OCc3ccccc3F)CC2C)cc1. The largest absolute Gasteiger partial charge is 0.497 e. The van der Waals surface area contributed by atoms with Crippen molar-refractivity contribution in [2.45, 2.75) is 19.6 Å². The van der Waals surface area contributed by atoms with Crippen molar-refractivity contribution in [3.63, 3.8) is 0 Å². The summed E-state index contributed by atoms with van der Waals surface area (Å²) in [4.78, 5) is 16.2. The van der Waals surface area contributed by atoms with Crippen molar-refractivity contribution in [3.05, 3.63) is 59.9 Å². The van der Waals surface area contributed by atoms with Crippen molar-refractivity contribution < 1.29 is 18.7 Å². The highest BCUT2D eigenvalue weighted by Crippen LogP contribution is 2.23. The van der Waals surface area contributed by atoms with Crippen molar-refractivity contribution in [1.29, 1.82) is 0 Å². The third kappa shape index (κ3) is 4.07. The van der Waals surface area contributed by atoms with Crippen LogP contribution in [0.25, 0.3) is 0 Å². The quantitative estimate of drug-likeness (QED) is 0.836. The van der Waals surface area contributed by atoms with Crippen LogP contribution >= 0.6 is 0 Å². The number of hydrogen-bond donors (Lipinski definition) is 0. The number of ether oxygens (including phenoxy) is 2. The van der Waals surface area contributed by atoms with E-state index in [0.717, 1.165) is 11.4 Å². The highest BCUT2D eigenvalue weighted by atomic mass is 19.1. The van der Waals surface area contributed by atoms with Gasteiger partial charge in [0.15, 0.2) is 0 Å². The number of piperazine rings is 1. The third-order valence-corrected chi connectivity index (χ3v) is 4.60. The Morgan fingerprint density at radius 2 is 1.88 bits per heavy atom. The predicted molar refractivity (Wildman–Crippen MR) is 98.0 cm³/mol. The Balaban J connectivity index is 1.55. The molecule has 0 N–H and O–H groups in total. The molecule has 138 valence electrons. The molecular formula is C20H23FN2O3. The van der Waals surface area contributed by atoms with Gasteiger partial charge in [-0.2, -0.15) is 0 Å². The highest BCUT2D eigenvalue weighted by molar-refractivity contribution is 5.68. The summed E-state index contributed by atoms with van der Waals surface area (Å²) in [5.74, 6) is 0.453. The second kappa shape index (κ2) is 8.08. The zero-order valence-electron chi connectivity index (χ0n) is 15.0. The molecule has 0 radical (unpaired) electrons. The third-order valence-electron chi connectivity index (χ3n) is 4.60. The van der Waals surface area contributed by atoms with Crippen molar-refractivity contribution in [1.82, 2.24) is 4.90 Å². The minimum atomic E-state index is -0.408. The first-order chi connectivity index (χ1) is 12.6. The number of carbonyl (C=O) groups is 1. The standard InChI is InChI=1S/C20H23FN2O3/c1-15-13-22(20(24)26-14-16-5-3-4-6-19(16)21)11-12-23(15)17-7-9-18(25-2)10-8-17/h3-10,15H,11-14H2,1-2H3. The number of anilines is 1. The van der Waals surface area contributed by atoms with Gasteiger partial charge in [-0.15, -0.1) is 0 Å². The van der Waals surface area contributed by atoms with Gasteiger partial charge >= 0.3 is 6.09 Å². The van der Waals surface area contributed by atoms with Crippen molar-refractivity contribution in [2.24, 2.45) is 0 Å². The molecule has 0 spiro atoms. The predicted octanol–water partition coefficient (Wildman–Crippen LogP) is 3.68. The Hall–Kier alpha value is -2.76. The van der Waals surface area contributed by atoms with E-state index in [2.05, 4.69) is 11.8 Å². The van der Waals surface area contributed by atoms with Crippen LogP contribution in [0.2, 0.25) is 0 Å². The second-order valence-electron chi connectivity index (χ2n) is 6.33. The summed E-state index contributed by atoms with van der Waals surface area (Å²) in [6, 6.07) is 14.4. The van der Waals surface area contributed by atoms with Crippen LogP contribution in [0.1, 0.15) is 12.5 Å². The molecule has 5 nitrogen and oxygen atoms in total. The van der Waals surface area contributed by atoms with Crippen molar-refractivity contribution in [2.75, 3.05) is 31.6 Å². The number of rotatable bonds is 4. The number of amides is 1. The van der Waals surface area contributed by atoms with Crippen LogP contribution < -0.4 is 9.64 Å². The average molecular weight is 358 g/mol. The lowest BCUT2D eigenvalue weighted by molar-refractivity contribution is 0.0890. The maximum atomic E-state index is 13.6. The molecule has 1 heterocycles. The Morgan fingerprint density at radius 3 is 2.54 bits per heavy atom. The second-order valence-corrected chi connectivity index (χ2v) is 6.33. The molecule has 1 unspecified atom stereocenters. The fourth-order valence-corrected chi connectivity index (χ4v) is 3.13. The molecule has 1 aliphatic rings. The zero-order chi connectivity index (χ0) is 18.5. The van der Waals surface area contributed by atoms with Gasteiger partial charge in [0, 0.05) is 36.9 Å². The van der Waals surface area contributed by atoms with E-state index >= 15 is 0 Å². The van der Waals surface area contributed by atoms with Crippen LogP contribution in [-0.4, -0.2) is 43.8 Å². The number of halogens is 1.